The number of rotatable bonds is 2. The van der Waals surface area contributed by atoms with Gasteiger partial charge in [-0.1, -0.05) is 0 Å². The minimum absolute atomic E-state index is 0.187. The molecule has 1 heterocycles. The van der Waals surface area contributed by atoms with E-state index in [1.165, 1.54) is 4.90 Å². The van der Waals surface area contributed by atoms with Gasteiger partial charge in [-0.3, -0.25) is 0 Å². The first-order valence-corrected chi connectivity index (χ1v) is 5.86. The summed E-state index contributed by atoms with van der Waals surface area (Å²) in [5, 5.41) is 11.3. The van der Waals surface area contributed by atoms with Gasteiger partial charge in [0, 0.05) is 6.54 Å². The quantitative estimate of drug-likeness (QED) is 0.811. The lowest BCUT2D eigenvalue weighted by atomic mass is 10.2. The summed E-state index contributed by atoms with van der Waals surface area (Å²) in [6, 6.07) is 0.729. The Kier molecular flexibility index (Phi) is 3.94. The van der Waals surface area contributed by atoms with Crippen LogP contribution in [0.4, 0.5) is 23.7 Å². The van der Waals surface area contributed by atoms with Crippen LogP contribution in [-0.4, -0.2) is 35.2 Å². The average Bonchev–Trinajstić information content (AvgIpc) is 2.88. The van der Waals surface area contributed by atoms with Crippen molar-refractivity contribution in [2.24, 2.45) is 0 Å². The molecule has 1 atom stereocenters. The van der Waals surface area contributed by atoms with Crippen LogP contribution in [0.25, 0.3) is 0 Å². The predicted molar refractivity (Wildman–Crippen MR) is 62.1 cm³/mol. The molecule has 1 aliphatic heterocycles. The molecule has 1 saturated heterocycles. The number of aliphatic hydroxyl groups is 1. The number of nitrogens with zero attached hydrogens (tertiary/aromatic N) is 1. The number of carbonyl (C=O) groups excluding carboxylic acids is 1. The Bertz CT molecular complexity index is 496. The molecule has 0 aromatic heterocycles. The van der Waals surface area contributed by atoms with Crippen molar-refractivity contribution in [1.82, 2.24) is 4.90 Å². The highest BCUT2D eigenvalue weighted by atomic mass is 19.2. The first-order chi connectivity index (χ1) is 9.04. The van der Waals surface area contributed by atoms with Gasteiger partial charge in [0.15, 0.2) is 17.5 Å². The smallest absolute Gasteiger partial charge is 0.322 e. The van der Waals surface area contributed by atoms with Gasteiger partial charge in [0.1, 0.15) is 0 Å². The number of benzene rings is 1. The molecule has 2 N–H and O–H groups in total. The molecular weight excluding hydrogens is 261 g/mol. The lowest BCUT2D eigenvalue weighted by Gasteiger charge is -2.23. The Morgan fingerprint density at radius 2 is 2.11 bits per heavy atom. The van der Waals surface area contributed by atoms with Gasteiger partial charge >= 0.3 is 6.03 Å². The highest BCUT2D eigenvalue weighted by Gasteiger charge is 2.28. The summed E-state index contributed by atoms with van der Waals surface area (Å²) < 4.78 is 39.1. The summed E-state index contributed by atoms with van der Waals surface area (Å²) >= 11 is 0. The lowest BCUT2D eigenvalue weighted by Crippen LogP contribution is -2.40. The van der Waals surface area contributed by atoms with Gasteiger partial charge in [-0.05, 0) is 25.0 Å². The molecule has 0 aliphatic carbocycles. The molecule has 104 valence electrons. The minimum atomic E-state index is -1.63. The maximum atomic E-state index is 13.4. The summed E-state index contributed by atoms with van der Waals surface area (Å²) in [5.41, 5.74) is -0.424. The Hall–Kier alpha value is -1.76. The molecule has 7 heteroatoms. The third kappa shape index (κ3) is 2.65. The molecule has 2 amide bonds. The van der Waals surface area contributed by atoms with Crippen LogP contribution in [-0.2, 0) is 0 Å². The van der Waals surface area contributed by atoms with Crippen molar-refractivity contribution < 1.29 is 23.1 Å². The molecule has 0 radical (unpaired) electrons. The number of carbonyl (C=O) groups is 1. The van der Waals surface area contributed by atoms with Crippen molar-refractivity contribution in [2.45, 2.75) is 18.9 Å². The number of amides is 2. The number of aliphatic hydroxyl groups excluding tert-OH is 1. The van der Waals surface area contributed by atoms with E-state index in [1.807, 2.05) is 0 Å². The highest BCUT2D eigenvalue weighted by Crippen LogP contribution is 2.22. The third-order valence-electron chi connectivity index (χ3n) is 3.13. The van der Waals surface area contributed by atoms with Crippen LogP contribution in [0.2, 0.25) is 0 Å². The predicted octanol–water partition coefficient (Wildman–Crippen LogP) is 2.09. The van der Waals surface area contributed by atoms with E-state index in [9.17, 15) is 18.0 Å². The van der Waals surface area contributed by atoms with E-state index >= 15 is 0 Å². The summed E-state index contributed by atoms with van der Waals surface area (Å²) in [7, 11) is 0. The fourth-order valence-electron chi connectivity index (χ4n) is 2.10. The van der Waals surface area contributed by atoms with Crippen LogP contribution in [0.15, 0.2) is 12.1 Å². The maximum absolute atomic E-state index is 13.4. The molecule has 1 aliphatic rings. The van der Waals surface area contributed by atoms with Crippen LogP contribution in [0.3, 0.4) is 0 Å². The Balaban J connectivity index is 2.13. The van der Waals surface area contributed by atoms with Crippen molar-refractivity contribution >= 4 is 11.7 Å². The number of hydrogen-bond acceptors (Lipinski definition) is 2. The Morgan fingerprint density at radius 1 is 1.37 bits per heavy atom. The Labute approximate surface area is 107 Å². The summed E-state index contributed by atoms with van der Waals surface area (Å²) in [5.74, 6) is -4.38. The molecule has 19 heavy (non-hydrogen) atoms. The monoisotopic (exact) mass is 274 g/mol. The molecule has 4 nitrogen and oxygen atoms in total. The van der Waals surface area contributed by atoms with Gasteiger partial charge in [0.2, 0.25) is 0 Å². The molecule has 2 rings (SSSR count). The van der Waals surface area contributed by atoms with Crippen molar-refractivity contribution in [3.8, 4) is 0 Å². The number of hydrogen-bond donors (Lipinski definition) is 2. The van der Waals surface area contributed by atoms with Crippen LogP contribution in [0, 0.1) is 17.5 Å². The average molecular weight is 274 g/mol. The van der Waals surface area contributed by atoms with Crippen molar-refractivity contribution in [2.75, 3.05) is 18.5 Å². The molecule has 1 aromatic rings. The van der Waals surface area contributed by atoms with Crippen LogP contribution < -0.4 is 5.32 Å². The van der Waals surface area contributed by atoms with Gasteiger partial charge in [-0.25, -0.2) is 18.0 Å². The van der Waals surface area contributed by atoms with Gasteiger partial charge in [-0.2, -0.15) is 0 Å². The molecular formula is C12H13F3N2O2. The van der Waals surface area contributed by atoms with Crippen LogP contribution in [0.5, 0.6) is 0 Å². The number of likely N-dealkylation sites (tertiary alicyclic amines) is 1. The summed E-state index contributed by atoms with van der Waals surface area (Å²) in [6.07, 6.45) is 1.39. The summed E-state index contributed by atoms with van der Waals surface area (Å²) in [4.78, 5) is 13.2. The number of nitrogens with one attached hydrogen (secondary N) is 1. The van der Waals surface area contributed by atoms with Gasteiger partial charge < -0.3 is 15.3 Å². The maximum Gasteiger partial charge on any atom is 0.322 e. The molecule has 0 unspecified atom stereocenters. The zero-order chi connectivity index (χ0) is 14.0. The molecule has 1 fully saturated rings. The fourth-order valence-corrected chi connectivity index (χ4v) is 2.10. The van der Waals surface area contributed by atoms with Gasteiger partial charge in [0.05, 0.1) is 18.3 Å². The van der Waals surface area contributed by atoms with Crippen LogP contribution >= 0.6 is 0 Å². The third-order valence-corrected chi connectivity index (χ3v) is 3.13. The van der Waals surface area contributed by atoms with Crippen LogP contribution in [0.1, 0.15) is 12.8 Å². The van der Waals surface area contributed by atoms with E-state index < -0.39 is 29.2 Å². The Morgan fingerprint density at radius 3 is 2.79 bits per heavy atom. The first-order valence-electron chi connectivity index (χ1n) is 5.86. The number of urea groups is 1. The second kappa shape index (κ2) is 5.48. The van der Waals surface area contributed by atoms with Crippen molar-refractivity contribution in [3.63, 3.8) is 0 Å². The van der Waals surface area contributed by atoms with E-state index in [0.717, 1.165) is 18.6 Å². The normalized spacial score (nSPS) is 18.7. The van der Waals surface area contributed by atoms with E-state index in [0.29, 0.717) is 13.0 Å². The second-order valence-electron chi connectivity index (χ2n) is 4.33. The molecule has 0 bridgehead atoms. The molecule has 1 aromatic carbocycles. The lowest BCUT2D eigenvalue weighted by molar-refractivity contribution is 0.166. The van der Waals surface area contributed by atoms with E-state index in [1.54, 1.807) is 0 Å². The minimum Gasteiger partial charge on any atom is -0.394 e. The fraction of sp³-hybridized carbons (Fsp3) is 0.417. The van der Waals surface area contributed by atoms with Gasteiger partial charge in [-0.15, -0.1) is 0 Å². The zero-order valence-corrected chi connectivity index (χ0v) is 10.00. The molecule has 0 saturated carbocycles. The van der Waals surface area contributed by atoms with Gasteiger partial charge in [0.25, 0.3) is 0 Å². The zero-order valence-electron chi connectivity index (χ0n) is 10.00. The summed E-state index contributed by atoms with van der Waals surface area (Å²) in [6.45, 7) is 0.246. The first kappa shape index (κ1) is 13.7. The van der Waals surface area contributed by atoms with E-state index in [-0.39, 0.29) is 12.6 Å². The SMILES string of the molecule is O=C(Nc1ccc(F)c(F)c1F)N1CCC[C@H]1CO. The second-order valence-corrected chi connectivity index (χ2v) is 4.33. The van der Waals surface area contributed by atoms with Crippen molar-refractivity contribution in [3.05, 3.63) is 29.6 Å². The molecule has 0 spiro atoms. The topological polar surface area (TPSA) is 52.6 Å². The largest absolute Gasteiger partial charge is 0.394 e. The number of anilines is 1. The standard InChI is InChI=1S/C12H13F3N2O2/c13-8-3-4-9(11(15)10(8)14)16-12(19)17-5-1-2-7(17)6-18/h3-4,7,18H,1-2,5-6H2,(H,16,19)/t7-/m0/s1. The highest BCUT2D eigenvalue weighted by molar-refractivity contribution is 5.89. The van der Waals surface area contributed by atoms with Crippen molar-refractivity contribution in [1.29, 1.82) is 0 Å². The van der Waals surface area contributed by atoms with E-state index in [4.69, 9.17) is 5.11 Å². The number of halogens is 3. The van der Waals surface area contributed by atoms with E-state index in [2.05, 4.69) is 5.32 Å².